The van der Waals surface area contributed by atoms with E-state index in [9.17, 15) is 4.79 Å². The van der Waals surface area contributed by atoms with E-state index in [2.05, 4.69) is 25.8 Å². The summed E-state index contributed by atoms with van der Waals surface area (Å²) in [6.07, 6.45) is 7.07. The first-order valence-electron chi connectivity index (χ1n) is 11.9. The maximum atomic E-state index is 12.3. The van der Waals surface area contributed by atoms with Crippen molar-refractivity contribution in [3.63, 3.8) is 0 Å². The van der Waals surface area contributed by atoms with Crippen LogP contribution in [-0.4, -0.2) is 68.5 Å². The lowest BCUT2D eigenvalue weighted by molar-refractivity contribution is -0.136. The normalized spacial score (nSPS) is 52.0. The second-order valence-corrected chi connectivity index (χ2v) is 11.6. The highest BCUT2D eigenvalue weighted by molar-refractivity contribution is 7.80. The Morgan fingerprint density at radius 1 is 1.30 bits per heavy atom. The molecule has 9 atom stereocenters. The van der Waals surface area contributed by atoms with E-state index in [0.29, 0.717) is 11.8 Å². The number of aromatic nitrogens is 2. The minimum absolute atomic E-state index is 0.0282. The third-order valence-electron chi connectivity index (χ3n) is 10.00. The summed E-state index contributed by atoms with van der Waals surface area (Å²) < 4.78 is 33.7. The van der Waals surface area contributed by atoms with Crippen LogP contribution < -0.4 is 0 Å². The number of fused-ring (bicyclic) bond motifs is 4. The first-order valence-corrected chi connectivity index (χ1v) is 12.3. The number of esters is 1. The van der Waals surface area contributed by atoms with Gasteiger partial charge >= 0.3 is 5.97 Å². The summed E-state index contributed by atoms with van der Waals surface area (Å²) in [6.45, 7) is 7.06. The average Bonchev–Trinajstić information content (AvgIpc) is 3.71. The van der Waals surface area contributed by atoms with Gasteiger partial charge < -0.3 is 23.7 Å². The summed E-state index contributed by atoms with van der Waals surface area (Å²) in [6, 6.07) is 0. The lowest BCUT2D eigenvalue weighted by Gasteiger charge is -2.53. The van der Waals surface area contributed by atoms with Crippen molar-refractivity contribution < 1.29 is 28.5 Å². The van der Waals surface area contributed by atoms with Gasteiger partial charge in [-0.1, -0.05) is 20.8 Å². The molecule has 3 aliphatic carbocycles. The number of hydrogen-bond acceptors (Lipinski definition) is 8. The van der Waals surface area contributed by atoms with Crippen LogP contribution in [0.5, 0.6) is 0 Å². The van der Waals surface area contributed by atoms with E-state index in [1.807, 2.05) is 0 Å². The van der Waals surface area contributed by atoms with Crippen molar-refractivity contribution in [2.75, 3.05) is 6.61 Å². The largest absolute Gasteiger partial charge is 0.461 e. The van der Waals surface area contributed by atoms with Gasteiger partial charge in [0.2, 0.25) is 0 Å². The Morgan fingerprint density at radius 2 is 2.15 bits per heavy atom. The molecule has 174 valence electrons. The Hall–Kier alpha value is -1.81. The monoisotopic (exact) mass is 470 g/mol. The van der Waals surface area contributed by atoms with Crippen LogP contribution in [0.25, 0.3) is 0 Å². The van der Waals surface area contributed by atoms with Crippen molar-refractivity contribution in [1.29, 1.82) is 0 Å². The Morgan fingerprint density at radius 3 is 2.91 bits per heavy atom. The predicted octanol–water partition coefficient (Wildman–Crippen LogP) is 2.16. The highest BCUT2D eigenvalue weighted by Gasteiger charge is 3.01. The predicted molar refractivity (Wildman–Crippen MR) is 116 cm³/mol. The van der Waals surface area contributed by atoms with E-state index < -0.39 is 16.8 Å². The molecule has 7 aliphatic rings. The molecule has 4 aliphatic heterocycles. The van der Waals surface area contributed by atoms with Crippen molar-refractivity contribution in [3.05, 3.63) is 29.9 Å². The maximum absolute atomic E-state index is 12.3. The highest BCUT2D eigenvalue weighted by atomic mass is 32.1. The van der Waals surface area contributed by atoms with E-state index in [1.54, 1.807) is 23.3 Å². The summed E-state index contributed by atoms with van der Waals surface area (Å²) >= 11 is 5.68. The first-order chi connectivity index (χ1) is 15.8. The molecule has 5 heterocycles. The van der Waals surface area contributed by atoms with Gasteiger partial charge in [-0.25, -0.2) is 9.78 Å². The van der Waals surface area contributed by atoms with E-state index in [1.165, 1.54) is 0 Å². The smallest absolute Gasteiger partial charge is 0.334 e. The standard InChI is InChI=1S/C24H26N2O6S/c1-11(2)22-16(31-22)17-24(32-17)21(3)5-4-12-13(9-28-18(12)27)14(21)8-15-23(24,30-15)19(22)29-20(33)26-7-6-25-10-26/h6-7,10-11,14-17,19H,4-5,8-9H2,1-3H3/t14-,15-,16-,17-,19-,21-,22-,23+,24+/m0/s1. The number of rotatable bonds is 2. The lowest BCUT2D eigenvalue weighted by atomic mass is 9.46. The lowest BCUT2D eigenvalue weighted by Crippen LogP contribution is -2.70. The molecule has 1 aromatic heterocycles. The van der Waals surface area contributed by atoms with Gasteiger partial charge in [-0.3, -0.25) is 4.57 Å². The molecule has 9 heteroatoms. The van der Waals surface area contributed by atoms with Crippen LogP contribution in [0.15, 0.2) is 29.9 Å². The molecular formula is C24H26N2O6S. The van der Waals surface area contributed by atoms with Gasteiger partial charge in [0.15, 0.2) is 11.7 Å². The Bertz CT molecular complexity index is 1170. The number of hydrogen-bond donors (Lipinski definition) is 0. The number of nitrogens with zero attached hydrogens (tertiary/aromatic N) is 2. The number of imidazole rings is 1. The molecule has 0 unspecified atom stereocenters. The number of carbonyl (C=O) groups is 1. The molecule has 2 spiro atoms. The number of thiocarbonyl (C=S) groups is 1. The summed E-state index contributed by atoms with van der Waals surface area (Å²) in [5.74, 6) is 0.266. The van der Waals surface area contributed by atoms with Crippen LogP contribution in [-0.2, 0) is 28.5 Å². The van der Waals surface area contributed by atoms with Crippen molar-refractivity contribution in [3.8, 4) is 0 Å². The minimum Gasteiger partial charge on any atom is -0.461 e. The zero-order valence-corrected chi connectivity index (χ0v) is 19.6. The van der Waals surface area contributed by atoms with Crippen LogP contribution >= 0.6 is 12.2 Å². The van der Waals surface area contributed by atoms with Gasteiger partial charge in [-0.15, -0.1) is 0 Å². The Kier molecular flexibility index (Phi) is 3.27. The average molecular weight is 471 g/mol. The molecule has 0 radical (unpaired) electrons. The number of carbonyl (C=O) groups excluding carboxylic acids is 1. The van der Waals surface area contributed by atoms with Crippen LogP contribution in [0, 0.1) is 17.3 Å². The maximum Gasteiger partial charge on any atom is 0.334 e. The quantitative estimate of drug-likeness (QED) is 0.369. The van der Waals surface area contributed by atoms with Gasteiger partial charge in [0, 0.05) is 23.4 Å². The molecule has 0 N–H and O–H groups in total. The molecule has 33 heavy (non-hydrogen) atoms. The molecule has 8 nitrogen and oxygen atoms in total. The fourth-order valence-electron chi connectivity index (χ4n) is 8.37. The molecule has 2 saturated carbocycles. The topological polar surface area (TPSA) is 90.9 Å². The molecule has 0 bridgehead atoms. The Labute approximate surface area is 196 Å². The van der Waals surface area contributed by atoms with Crippen molar-refractivity contribution in [1.82, 2.24) is 9.55 Å². The van der Waals surface area contributed by atoms with Crippen molar-refractivity contribution in [2.24, 2.45) is 17.3 Å². The fraction of sp³-hybridized carbons (Fsp3) is 0.708. The van der Waals surface area contributed by atoms with E-state index >= 15 is 0 Å². The van der Waals surface area contributed by atoms with E-state index in [4.69, 9.17) is 35.9 Å². The number of cyclic esters (lactones) is 1. The van der Waals surface area contributed by atoms with Gasteiger partial charge in [0.25, 0.3) is 5.17 Å². The SMILES string of the molecule is CC(C)[C@]12O[C@H]1[C@@H]1O[C@]13[C@]1(O[C@H]1C[C@H]1C4=C(CC[C@@]13C)C(=O)OC4)[C@H]2OC(=S)n1ccnc1. The summed E-state index contributed by atoms with van der Waals surface area (Å²) in [5, 5.41) is 0.348. The molecule has 5 fully saturated rings. The van der Waals surface area contributed by atoms with Crippen molar-refractivity contribution >= 4 is 23.4 Å². The van der Waals surface area contributed by atoms with Crippen molar-refractivity contribution in [2.45, 2.75) is 81.3 Å². The zero-order valence-electron chi connectivity index (χ0n) is 18.8. The van der Waals surface area contributed by atoms with E-state index in [0.717, 1.165) is 30.4 Å². The summed E-state index contributed by atoms with van der Waals surface area (Å²) in [5.41, 5.74) is 0.247. The summed E-state index contributed by atoms with van der Waals surface area (Å²) in [4.78, 5) is 16.4. The molecule has 0 aromatic carbocycles. The minimum atomic E-state index is -0.605. The van der Waals surface area contributed by atoms with Gasteiger partial charge in [-0.05, 0) is 48.9 Å². The van der Waals surface area contributed by atoms with Crippen LogP contribution in [0.4, 0.5) is 0 Å². The molecule has 3 saturated heterocycles. The van der Waals surface area contributed by atoms with Gasteiger partial charge in [0.1, 0.15) is 36.3 Å². The molecule has 8 rings (SSSR count). The second kappa shape index (κ2) is 5.53. The van der Waals surface area contributed by atoms with Crippen LogP contribution in [0.2, 0.25) is 0 Å². The number of epoxide rings is 3. The first kappa shape index (κ1) is 19.5. The zero-order chi connectivity index (χ0) is 22.5. The van der Waals surface area contributed by atoms with Gasteiger partial charge in [0.05, 0.1) is 6.10 Å². The third-order valence-corrected chi connectivity index (χ3v) is 10.3. The highest BCUT2D eigenvalue weighted by Crippen LogP contribution is 2.83. The molecule has 1 aromatic rings. The fourth-order valence-corrected chi connectivity index (χ4v) is 8.58. The van der Waals surface area contributed by atoms with Gasteiger partial charge in [-0.2, -0.15) is 0 Å². The Balaban J connectivity index is 1.25. The third kappa shape index (κ3) is 1.87. The van der Waals surface area contributed by atoms with Crippen LogP contribution in [0.3, 0.4) is 0 Å². The van der Waals surface area contributed by atoms with E-state index in [-0.39, 0.29) is 47.6 Å². The molecular weight excluding hydrogens is 444 g/mol. The second-order valence-electron chi connectivity index (χ2n) is 11.2. The summed E-state index contributed by atoms with van der Waals surface area (Å²) in [7, 11) is 0. The van der Waals surface area contributed by atoms with Crippen LogP contribution in [0.1, 0.15) is 40.0 Å². The molecule has 0 amide bonds. The number of ether oxygens (including phenoxy) is 5.